The first-order valence-corrected chi connectivity index (χ1v) is 4.53. The van der Waals surface area contributed by atoms with Crippen LogP contribution in [0.1, 0.15) is 23.2 Å². The number of anilines is 1. The molecule has 0 spiro atoms. The Morgan fingerprint density at radius 1 is 1.71 bits per heavy atom. The van der Waals surface area contributed by atoms with Gasteiger partial charge < -0.3 is 10.5 Å². The van der Waals surface area contributed by atoms with Crippen molar-refractivity contribution in [3.8, 4) is 6.07 Å². The van der Waals surface area contributed by atoms with E-state index in [9.17, 15) is 13.6 Å². The van der Waals surface area contributed by atoms with Crippen LogP contribution in [0.2, 0.25) is 0 Å². The maximum atomic E-state index is 12.8. The summed E-state index contributed by atoms with van der Waals surface area (Å²) in [5.74, 6) is -0.714. The fraction of sp³-hybridized carbons (Fsp3) is 0.300. The first-order valence-electron chi connectivity index (χ1n) is 4.53. The lowest BCUT2D eigenvalue weighted by atomic mass is 10.0. The van der Waals surface area contributed by atoms with E-state index in [-0.39, 0.29) is 11.3 Å². The third kappa shape index (κ3) is 2.66. The van der Waals surface area contributed by atoms with E-state index in [1.165, 1.54) is 6.07 Å². The van der Waals surface area contributed by atoms with Crippen LogP contribution in [0.5, 0.6) is 0 Å². The molecular weight excluding hydrogens is 232 g/mol. The summed E-state index contributed by atoms with van der Waals surface area (Å²) in [7, 11) is 1.13. The monoisotopic (exact) mass is 241 g/mol. The number of nitrogens with zero attached hydrogens (tertiary/aromatic N) is 2. The number of alkyl halides is 2. The summed E-state index contributed by atoms with van der Waals surface area (Å²) >= 11 is 0. The van der Waals surface area contributed by atoms with Crippen molar-refractivity contribution < 1.29 is 18.3 Å². The summed E-state index contributed by atoms with van der Waals surface area (Å²) in [4.78, 5) is 14.6. The Hall–Kier alpha value is -2.23. The second kappa shape index (κ2) is 5.21. The first-order chi connectivity index (χ1) is 8.01. The third-order valence-corrected chi connectivity index (χ3v) is 2.13. The number of hydrogen-bond acceptors (Lipinski definition) is 5. The molecule has 1 aromatic heterocycles. The molecule has 5 nitrogen and oxygen atoms in total. The zero-order chi connectivity index (χ0) is 13.0. The van der Waals surface area contributed by atoms with E-state index in [1.54, 1.807) is 0 Å². The highest BCUT2D eigenvalue weighted by Gasteiger charge is 2.23. The summed E-state index contributed by atoms with van der Waals surface area (Å²) in [5, 5.41) is 8.67. The molecule has 7 heteroatoms. The number of methoxy groups -OCH3 is 1. The molecule has 0 aliphatic rings. The largest absolute Gasteiger partial charge is 0.469 e. The summed E-state index contributed by atoms with van der Waals surface area (Å²) in [6, 6.07) is 1.54. The standard InChI is InChI=1S/C10H9F2N3O2/c1-17-8(16)2-5-6(14)4-15-7(3-13)9(5)10(11)12/h4,10H,2,14H2,1H3. The molecule has 0 fully saturated rings. The lowest BCUT2D eigenvalue weighted by Crippen LogP contribution is -2.12. The minimum atomic E-state index is -2.93. The molecule has 0 aliphatic carbocycles. The number of halogens is 2. The predicted molar refractivity (Wildman–Crippen MR) is 54.0 cm³/mol. The zero-order valence-corrected chi connectivity index (χ0v) is 8.91. The Morgan fingerprint density at radius 2 is 2.35 bits per heavy atom. The van der Waals surface area contributed by atoms with Crippen LogP contribution in [-0.4, -0.2) is 18.1 Å². The number of rotatable bonds is 3. The van der Waals surface area contributed by atoms with Gasteiger partial charge in [-0.05, 0) is 5.56 Å². The predicted octanol–water partition coefficient (Wildman–Crippen LogP) is 1.19. The van der Waals surface area contributed by atoms with Crippen LogP contribution >= 0.6 is 0 Å². The van der Waals surface area contributed by atoms with Gasteiger partial charge in [-0.2, -0.15) is 5.26 Å². The van der Waals surface area contributed by atoms with Crippen LogP contribution < -0.4 is 5.73 Å². The number of hydrogen-bond donors (Lipinski definition) is 1. The molecule has 0 saturated carbocycles. The van der Waals surface area contributed by atoms with Crippen molar-refractivity contribution in [3.63, 3.8) is 0 Å². The molecule has 0 bridgehead atoms. The van der Waals surface area contributed by atoms with Gasteiger partial charge in [-0.3, -0.25) is 4.79 Å². The topological polar surface area (TPSA) is 89.0 Å². The van der Waals surface area contributed by atoms with Gasteiger partial charge in [0.15, 0.2) is 0 Å². The summed E-state index contributed by atoms with van der Waals surface area (Å²) in [5.41, 5.74) is 4.25. The highest BCUT2D eigenvalue weighted by atomic mass is 19.3. The Balaban J connectivity index is 3.35. The number of nitriles is 1. The van der Waals surface area contributed by atoms with E-state index in [1.807, 2.05) is 0 Å². The normalized spacial score (nSPS) is 10.1. The molecule has 1 rings (SSSR count). The Kier molecular flexibility index (Phi) is 3.93. The van der Waals surface area contributed by atoms with Crippen molar-refractivity contribution in [1.29, 1.82) is 5.26 Å². The molecule has 17 heavy (non-hydrogen) atoms. The molecular formula is C10H9F2N3O2. The van der Waals surface area contributed by atoms with Crippen molar-refractivity contribution in [1.82, 2.24) is 4.98 Å². The van der Waals surface area contributed by atoms with Gasteiger partial charge in [0.1, 0.15) is 11.8 Å². The van der Waals surface area contributed by atoms with Crippen molar-refractivity contribution in [3.05, 3.63) is 23.0 Å². The van der Waals surface area contributed by atoms with Gasteiger partial charge in [0.2, 0.25) is 0 Å². The number of nitrogens with two attached hydrogens (primary N) is 1. The van der Waals surface area contributed by atoms with Crippen molar-refractivity contribution in [2.45, 2.75) is 12.8 Å². The van der Waals surface area contributed by atoms with Crippen LogP contribution in [-0.2, 0) is 16.0 Å². The molecule has 0 aromatic carbocycles. The molecule has 90 valence electrons. The van der Waals surface area contributed by atoms with Crippen molar-refractivity contribution in [2.24, 2.45) is 0 Å². The number of carbonyl (C=O) groups is 1. The number of nitrogen functional groups attached to an aromatic ring is 1. The lowest BCUT2D eigenvalue weighted by molar-refractivity contribution is -0.139. The fourth-order valence-corrected chi connectivity index (χ4v) is 1.32. The van der Waals surface area contributed by atoms with Crippen LogP contribution in [0, 0.1) is 11.3 Å². The average molecular weight is 241 g/mol. The number of aromatic nitrogens is 1. The van der Waals surface area contributed by atoms with Crippen molar-refractivity contribution >= 4 is 11.7 Å². The van der Waals surface area contributed by atoms with E-state index < -0.39 is 30.1 Å². The maximum Gasteiger partial charge on any atom is 0.310 e. The number of esters is 1. The summed E-state index contributed by atoms with van der Waals surface area (Å²) in [6.45, 7) is 0. The minimum Gasteiger partial charge on any atom is -0.469 e. The summed E-state index contributed by atoms with van der Waals surface area (Å²) in [6.07, 6.45) is -2.28. The highest BCUT2D eigenvalue weighted by Crippen LogP contribution is 2.29. The van der Waals surface area contributed by atoms with Gasteiger partial charge in [-0.1, -0.05) is 0 Å². The first kappa shape index (κ1) is 12.8. The average Bonchev–Trinajstić information content (AvgIpc) is 2.30. The Labute approximate surface area is 95.8 Å². The van der Waals surface area contributed by atoms with E-state index in [0.29, 0.717) is 0 Å². The Bertz CT molecular complexity index is 483. The second-order valence-corrected chi connectivity index (χ2v) is 3.12. The fourth-order valence-electron chi connectivity index (χ4n) is 1.32. The van der Waals surface area contributed by atoms with Gasteiger partial charge in [-0.15, -0.1) is 0 Å². The molecule has 1 aromatic rings. The lowest BCUT2D eigenvalue weighted by Gasteiger charge is -2.11. The van der Waals surface area contributed by atoms with Gasteiger partial charge >= 0.3 is 5.97 Å². The smallest absolute Gasteiger partial charge is 0.310 e. The zero-order valence-electron chi connectivity index (χ0n) is 8.91. The highest BCUT2D eigenvalue weighted by molar-refractivity contribution is 5.76. The molecule has 0 atom stereocenters. The van der Waals surface area contributed by atoms with Crippen LogP contribution in [0.4, 0.5) is 14.5 Å². The number of ether oxygens (including phenoxy) is 1. The molecule has 0 amide bonds. The summed E-state index contributed by atoms with van der Waals surface area (Å²) < 4.78 is 30.0. The van der Waals surface area contributed by atoms with Gasteiger partial charge in [-0.25, -0.2) is 13.8 Å². The van der Waals surface area contributed by atoms with E-state index in [0.717, 1.165) is 13.3 Å². The molecule has 2 N–H and O–H groups in total. The van der Waals surface area contributed by atoms with E-state index >= 15 is 0 Å². The van der Waals surface area contributed by atoms with E-state index in [2.05, 4.69) is 9.72 Å². The SMILES string of the molecule is COC(=O)Cc1c(N)cnc(C#N)c1C(F)F. The molecule has 1 heterocycles. The molecule has 0 saturated heterocycles. The molecule has 0 radical (unpaired) electrons. The van der Waals surface area contributed by atoms with Gasteiger partial charge in [0.25, 0.3) is 6.43 Å². The quantitative estimate of drug-likeness (QED) is 0.803. The third-order valence-electron chi connectivity index (χ3n) is 2.13. The second-order valence-electron chi connectivity index (χ2n) is 3.12. The van der Waals surface area contributed by atoms with Crippen molar-refractivity contribution in [2.75, 3.05) is 12.8 Å². The van der Waals surface area contributed by atoms with Gasteiger partial charge in [0, 0.05) is 0 Å². The minimum absolute atomic E-state index is 0.0651. The number of pyridine rings is 1. The van der Waals surface area contributed by atoms with Gasteiger partial charge in [0.05, 0.1) is 31.0 Å². The van der Waals surface area contributed by atoms with E-state index in [4.69, 9.17) is 11.0 Å². The molecule has 0 aliphatic heterocycles. The van der Waals surface area contributed by atoms with Crippen LogP contribution in [0.3, 0.4) is 0 Å². The van der Waals surface area contributed by atoms with Crippen LogP contribution in [0.15, 0.2) is 6.20 Å². The molecule has 0 unspecified atom stereocenters. The maximum absolute atomic E-state index is 12.8. The number of carbonyl (C=O) groups excluding carboxylic acids is 1. The van der Waals surface area contributed by atoms with Crippen LogP contribution in [0.25, 0.3) is 0 Å². The Morgan fingerprint density at radius 3 is 2.82 bits per heavy atom.